The summed E-state index contributed by atoms with van der Waals surface area (Å²) in [7, 11) is 0. The van der Waals surface area contributed by atoms with Crippen molar-refractivity contribution in [2.45, 2.75) is 0 Å². The van der Waals surface area contributed by atoms with E-state index in [-0.39, 0.29) is 46.3 Å². The van der Waals surface area contributed by atoms with Crippen LogP contribution in [0.3, 0.4) is 0 Å². The molecule has 4 heavy (non-hydrogen) atoms. The average molecular weight is 436 g/mol. The number of rotatable bonds is 0. The summed E-state index contributed by atoms with van der Waals surface area (Å²) in [6.07, 6.45) is 0. The van der Waals surface area contributed by atoms with Crippen LogP contribution >= 0.6 is 0 Å². The van der Waals surface area contributed by atoms with Crippen molar-refractivity contribution in [1.29, 1.82) is 0 Å². The van der Waals surface area contributed by atoms with Crippen molar-refractivity contribution in [3.8, 4) is 0 Å². The molecule has 0 N–H and O–H groups in total. The van der Waals surface area contributed by atoms with Crippen LogP contribution in [0.15, 0.2) is 0 Å². The molecule has 0 spiro atoms. The summed E-state index contributed by atoms with van der Waals surface area (Å²) < 4.78 is 8.34. The van der Waals surface area contributed by atoms with Gasteiger partial charge in [-0.05, 0) is 0 Å². The van der Waals surface area contributed by atoms with Crippen LogP contribution in [0.2, 0.25) is 0 Å². The van der Waals surface area contributed by atoms with Gasteiger partial charge in [-0.3, -0.25) is 0 Å². The molecule has 0 heterocycles. The summed E-state index contributed by atoms with van der Waals surface area (Å²) in [6, 6.07) is 0. The van der Waals surface area contributed by atoms with E-state index in [0.717, 1.165) is 0 Å². The molecule has 20 valence electrons. The summed E-state index contributed by atoms with van der Waals surface area (Å²) in [5.41, 5.74) is 0. The van der Waals surface area contributed by atoms with E-state index in [9.17, 15) is 0 Å². The predicted octanol–water partition coefficient (Wildman–Crippen LogP) is -0.883. The Morgan fingerprint density at radius 2 is 1.25 bits per heavy atom. The van der Waals surface area contributed by atoms with E-state index in [0.29, 0.717) is 22.5 Å². The van der Waals surface area contributed by atoms with Crippen molar-refractivity contribution in [2.24, 2.45) is 0 Å². The van der Waals surface area contributed by atoms with Gasteiger partial charge in [0, 0.05) is 46.3 Å². The Morgan fingerprint density at radius 1 is 1.25 bits per heavy atom. The van der Waals surface area contributed by atoms with E-state index in [4.69, 9.17) is 3.08 Å². The van der Waals surface area contributed by atoms with Gasteiger partial charge in [0.15, 0.2) is 0 Å². The summed E-state index contributed by atoms with van der Waals surface area (Å²) >= 11 is 0.300. The standard InChI is InChI=1S/In.O.Re.Sn. The molecule has 4 heteroatoms. The Hall–Kier alpha value is 2.13. The molecule has 0 aliphatic carbocycles. The van der Waals surface area contributed by atoms with Gasteiger partial charge in [0.1, 0.15) is 0 Å². The van der Waals surface area contributed by atoms with Gasteiger partial charge >= 0.3 is 25.6 Å². The first-order chi connectivity index (χ1) is 1.00. The maximum atomic E-state index is 8.34. The molecule has 0 atom stereocenters. The molecule has 0 bridgehead atoms. The summed E-state index contributed by atoms with van der Waals surface area (Å²) in [6.45, 7) is 0. The van der Waals surface area contributed by atoms with Gasteiger partial charge in [0.05, 0.1) is 0 Å². The maximum absolute atomic E-state index is 8.34. The normalized spacial score (nSPS) is 1.00. The second-order valence-electron chi connectivity index (χ2n) is 0. The summed E-state index contributed by atoms with van der Waals surface area (Å²) in [4.78, 5) is 0. The van der Waals surface area contributed by atoms with Crippen molar-refractivity contribution >= 4 is 48.4 Å². The number of hydrogen-bond donors (Lipinski definition) is 0. The van der Waals surface area contributed by atoms with Crippen molar-refractivity contribution in [3.63, 3.8) is 0 Å². The molecule has 0 aromatic rings. The molecule has 0 unspecified atom stereocenters. The van der Waals surface area contributed by atoms with Crippen molar-refractivity contribution < 1.29 is 23.5 Å². The Morgan fingerprint density at radius 3 is 1.25 bits per heavy atom. The quantitative estimate of drug-likeness (QED) is 0.452. The average Bonchev–Trinajstić information content (AvgIpc) is 1.00. The largest absolute Gasteiger partial charge is 0 e. The Bertz CT molecular complexity index is 8.00. The van der Waals surface area contributed by atoms with Crippen LogP contribution in [0.25, 0.3) is 0 Å². The van der Waals surface area contributed by atoms with Crippen molar-refractivity contribution in [3.05, 3.63) is 0 Å². The molecule has 1 nitrogen and oxygen atoms in total. The minimum Gasteiger partial charge on any atom is 0 e. The molecule has 0 amide bonds. The third-order valence-electron chi connectivity index (χ3n) is 0. The molecule has 0 aliphatic rings. The first-order valence-corrected chi connectivity index (χ1v) is 1.37. The molecule has 0 saturated carbocycles. The first-order valence-electron chi connectivity index (χ1n) is 0.204. The monoisotopic (exact) mass is 438 g/mol. The van der Waals surface area contributed by atoms with Crippen LogP contribution in [0.5, 0.6) is 0 Å². The van der Waals surface area contributed by atoms with Crippen LogP contribution < -0.4 is 0 Å². The minimum atomic E-state index is 0. The van der Waals surface area contributed by atoms with E-state index < -0.39 is 0 Å². The van der Waals surface area contributed by atoms with Crippen LogP contribution in [-0.4, -0.2) is 48.4 Å². The molecular weight excluding hydrogens is 436 g/mol. The van der Waals surface area contributed by atoms with E-state index in [2.05, 4.69) is 0 Å². The SMILES string of the molecule is [In].[O]=[Sn].[Re]. The van der Waals surface area contributed by atoms with Crippen LogP contribution in [-0.2, 0) is 23.5 Å². The smallest absolute Gasteiger partial charge is 0 e. The molecule has 0 fully saturated rings. The molecule has 0 aromatic carbocycles. The van der Waals surface area contributed by atoms with Gasteiger partial charge in [0.2, 0.25) is 0 Å². The van der Waals surface area contributed by atoms with Crippen molar-refractivity contribution in [1.82, 2.24) is 0 Å². The molecule has 0 rings (SSSR count). The van der Waals surface area contributed by atoms with Gasteiger partial charge in [0.25, 0.3) is 0 Å². The van der Waals surface area contributed by atoms with Gasteiger partial charge in [-0.2, -0.15) is 0 Å². The molecule has 0 aliphatic heterocycles. The molecule has 6 radical (unpaired) electrons. The fraction of sp³-hybridized carbons (Fsp3) is 0. The van der Waals surface area contributed by atoms with Gasteiger partial charge in [-0.25, -0.2) is 0 Å². The molecule has 0 aromatic heterocycles. The second-order valence-corrected chi connectivity index (χ2v) is 0. The van der Waals surface area contributed by atoms with Crippen molar-refractivity contribution in [2.75, 3.05) is 0 Å². The predicted molar refractivity (Wildman–Crippen MR) is 12.2 cm³/mol. The molecular formula is InOReSn. The van der Waals surface area contributed by atoms with E-state index in [1.165, 1.54) is 0 Å². The van der Waals surface area contributed by atoms with Crippen LogP contribution in [0.4, 0.5) is 0 Å². The Kier molecular flexibility index (Phi) is 79.4. The Labute approximate surface area is 70.8 Å². The topological polar surface area (TPSA) is 17.1 Å². The van der Waals surface area contributed by atoms with E-state index >= 15 is 0 Å². The minimum absolute atomic E-state index is 0. The third kappa shape index (κ3) is 8.92. The summed E-state index contributed by atoms with van der Waals surface area (Å²) in [5.74, 6) is 0. The fourth-order valence-corrected chi connectivity index (χ4v) is 0. The zero-order chi connectivity index (χ0) is 2.00. The van der Waals surface area contributed by atoms with E-state index in [1.54, 1.807) is 0 Å². The van der Waals surface area contributed by atoms with E-state index in [1.807, 2.05) is 0 Å². The maximum Gasteiger partial charge on any atom is 0 e. The zero-order valence-corrected chi connectivity index (χ0v) is 10.7. The zero-order valence-electron chi connectivity index (χ0n) is 1.86. The summed E-state index contributed by atoms with van der Waals surface area (Å²) in [5, 5.41) is 0. The Balaban J connectivity index is -0.00000000500. The first kappa shape index (κ1) is 16.5. The molecule has 0 saturated heterocycles. The number of hydrogen-bond acceptors (Lipinski definition) is 1. The van der Waals surface area contributed by atoms with Gasteiger partial charge < -0.3 is 0 Å². The second kappa shape index (κ2) is 19.3. The van der Waals surface area contributed by atoms with Gasteiger partial charge in [-0.1, -0.05) is 0 Å². The third-order valence-corrected chi connectivity index (χ3v) is 0. The van der Waals surface area contributed by atoms with Gasteiger partial charge in [-0.15, -0.1) is 0 Å². The van der Waals surface area contributed by atoms with Crippen LogP contribution in [0, 0.1) is 0 Å². The fourth-order valence-electron chi connectivity index (χ4n) is 0. The van der Waals surface area contributed by atoms with Crippen LogP contribution in [0.1, 0.15) is 0 Å².